The van der Waals surface area contributed by atoms with Gasteiger partial charge in [-0.05, 0) is 69.0 Å². The number of carboxylic acids is 1. The van der Waals surface area contributed by atoms with Gasteiger partial charge in [-0.1, -0.05) is 12.1 Å². The monoisotopic (exact) mass is 523 g/mol. The third-order valence-corrected chi connectivity index (χ3v) is 7.35. The van der Waals surface area contributed by atoms with Crippen LogP contribution >= 0.6 is 0 Å². The number of methoxy groups -OCH3 is 1. The lowest BCUT2D eigenvalue weighted by atomic mass is 9.91. The van der Waals surface area contributed by atoms with Crippen LogP contribution in [-0.4, -0.2) is 70.5 Å². The first kappa shape index (κ1) is 27.6. The molecule has 1 saturated heterocycles. The number of aliphatic hydroxyl groups excluding tert-OH is 1. The van der Waals surface area contributed by atoms with Crippen LogP contribution in [0.2, 0.25) is 0 Å². The molecule has 9 nitrogen and oxygen atoms in total. The highest BCUT2D eigenvalue weighted by molar-refractivity contribution is 5.96. The Labute approximate surface area is 222 Å². The Balaban J connectivity index is 1.60. The van der Waals surface area contributed by atoms with Crippen molar-refractivity contribution < 1.29 is 29.3 Å². The number of H-pyrrole nitrogens is 1. The highest BCUT2D eigenvalue weighted by Gasteiger charge is 2.32. The Kier molecular flexibility index (Phi) is 8.71. The van der Waals surface area contributed by atoms with Gasteiger partial charge in [0, 0.05) is 54.0 Å². The predicted octanol–water partition coefficient (Wildman–Crippen LogP) is 3.79. The van der Waals surface area contributed by atoms with Crippen molar-refractivity contribution in [3.63, 3.8) is 0 Å². The van der Waals surface area contributed by atoms with E-state index in [1.807, 2.05) is 25.3 Å². The lowest BCUT2D eigenvalue weighted by molar-refractivity contribution is -0.141. The Morgan fingerprint density at radius 1 is 1.24 bits per heavy atom. The average Bonchev–Trinajstić information content (AvgIpc) is 3.40. The number of nitrogens with zero attached hydrogens (tertiary/aromatic N) is 1. The largest absolute Gasteiger partial charge is 0.496 e. The summed E-state index contributed by atoms with van der Waals surface area (Å²) in [6, 6.07) is 10.1. The van der Waals surface area contributed by atoms with Crippen molar-refractivity contribution in [3.8, 4) is 5.75 Å². The molecule has 0 saturated carbocycles. The van der Waals surface area contributed by atoms with Gasteiger partial charge in [0.2, 0.25) is 0 Å². The fourth-order valence-corrected chi connectivity index (χ4v) is 5.36. The van der Waals surface area contributed by atoms with Gasteiger partial charge in [-0.15, -0.1) is 0 Å². The normalized spacial score (nSPS) is 19.7. The number of aromatic amines is 1. The van der Waals surface area contributed by atoms with E-state index >= 15 is 0 Å². The molecule has 4 rings (SSSR count). The number of ether oxygens (including phenoxy) is 2. The number of hydrogen-bond acceptors (Lipinski definition) is 6. The van der Waals surface area contributed by atoms with Crippen molar-refractivity contribution in [2.75, 3.05) is 20.3 Å². The van der Waals surface area contributed by atoms with E-state index in [0.717, 1.165) is 52.7 Å². The zero-order chi connectivity index (χ0) is 27.4. The summed E-state index contributed by atoms with van der Waals surface area (Å²) >= 11 is 0. The third-order valence-electron chi connectivity index (χ3n) is 7.35. The molecular formula is C29H37N3O6. The summed E-state index contributed by atoms with van der Waals surface area (Å²) in [5, 5.41) is 22.5. The van der Waals surface area contributed by atoms with Crippen molar-refractivity contribution >= 4 is 22.8 Å². The van der Waals surface area contributed by atoms with E-state index in [9.17, 15) is 19.8 Å². The topological polar surface area (TPSA) is 124 Å². The van der Waals surface area contributed by atoms with E-state index in [1.165, 1.54) is 6.92 Å². The second kappa shape index (κ2) is 12.0. The van der Waals surface area contributed by atoms with Gasteiger partial charge in [0.05, 0.1) is 19.3 Å². The molecule has 0 aliphatic carbocycles. The van der Waals surface area contributed by atoms with Crippen LogP contribution in [0.15, 0.2) is 42.6 Å². The lowest BCUT2D eigenvalue weighted by Crippen LogP contribution is -2.47. The quantitative estimate of drug-likeness (QED) is 0.319. The Hall–Kier alpha value is -3.40. The summed E-state index contributed by atoms with van der Waals surface area (Å²) in [6.45, 7) is 7.60. The molecule has 1 aromatic heterocycles. The first-order valence-electron chi connectivity index (χ1n) is 13.0. The van der Waals surface area contributed by atoms with Gasteiger partial charge in [0.25, 0.3) is 5.91 Å². The number of carboxylic acid groups (broad SMARTS) is 1. The molecule has 4 N–H and O–H groups in total. The van der Waals surface area contributed by atoms with E-state index in [-0.39, 0.29) is 12.1 Å². The van der Waals surface area contributed by atoms with Crippen LogP contribution in [0.1, 0.15) is 59.8 Å². The molecule has 0 radical (unpaired) electrons. The van der Waals surface area contributed by atoms with Crippen LogP contribution in [-0.2, 0) is 16.1 Å². The molecule has 0 spiro atoms. The number of amides is 1. The number of aromatic nitrogens is 1. The number of aliphatic carboxylic acids is 1. The average molecular weight is 524 g/mol. The van der Waals surface area contributed by atoms with Crippen LogP contribution < -0.4 is 10.1 Å². The smallest absolute Gasteiger partial charge is 0.328 e. The zero-order valence-electron chi connectivity index (χ0n) is 22.4. The number of nitrogens with one attached hydrogen (secondary N) is 2. The minimum absolute atomic E-state index is 0.0571. The van der Waals surface area contributed by atoms with Crippen molar-refractivity contribution in [2.24, 2.45) is 0 Å². The second-order valence-electron chi connectivity index (χ2n) is 9.88. The maximum Gasteiger partial charge on any atom is 0.328 e. The molecule has 2 aromatic carbocycles. The maximum absolute atomic E-state index is 12.7. The van der Waals surface area contributed by atoms with Crippen LogP contribution in [0, 0.1) is 6.92 Å². The molecule has 1 aliphatic heterocycles. The summed E-state index contributed by atoms with van der Waals surface area (Å²) in [7, 11) is 1.70. The zero-order valence-corrected chi connectivity index (χ0v) is 22.4. The summed E-state index contributed by atoms with van der Waals surface area (Å²) in [5.41, 5.74) is 4.75. The summed E-state index contributed by atoms with van der Waals surface area (Å²) in [4.78, 5) is 29.8. The highest BCUT2D eigenvalue weighted by Crippen LogP contribution is 2.38. The molecule has 38 heavy (non-hydrogen) atoms. The number of benzene rings is 2. The van der Waals surface area contributed by atoms with E-state index < -0.39 is 24.0 Å². The van der Waals surface area contributed by atoms with Crippen LogP contribution in [0.5, 0.6) is 5.75 Å². The van der Waals surface area contributed by atoms with E-state index in [1.54, 1.807) is 19.2 Å². The Morgan fingerprint density at radius 3 is 2.61 bits per heavy atom. The number of piperidine rings is 1. The van der Waals surface area contributed by atoms with Gasteiger partial charge in [0.1, 0.15) is 5.75 Å². The van der Waals surface area contributed by atoms with E-state index in [4.69, 9.17) is 9.47 Å². The SMILES string of the molecule is CCO[C@@H]1CCN(Cc2c(OC)cc(C)c3[nH]ccc23)[C@H](c2ccc(C(=O)N[C@H](C(=O)O)[C@@H](C)O)cc2)C1. The Morgan fingerprint density at radius 2 is 1.97 bits per heavy atom. The van der Waals surface area contributed by atoms with Gasteiger partial charge in [0.15, 0.2) is 6.04 Å². The fourth-order valence-electron chi connectivity index (χ4n) is 5.36. The molecule has 0 bridgehead atoms. The Bertz CT molecular complexity index is 1270. The second-order valence-corrected chi connectivity index (χ2v) is 9.88. The molecular weight excluding hydrogens is 486 g/mol. The molecule has 3 aromatic rings. The number of likely N-dealkylation sites (tertiary alicyclic amines) is 1. The first-order valence-corrected chi connectivity index (χ1v) is 13.0. The summed E-state index contributed by atoms with van der Waals surface area (Å²) in [6.07, 6.45) is 2.61. The highest BCUT2D eigenvalue weighted by atomic mass is 16.5. The number of rotatable bonds is 10. The summed E-state index contributed by atoms with van der Waals surface area (Å²) in [5.74, 6) is -0.969. The molecule has 9 heteroatoms. The van der Waals surface area contributed by atoms with Gasteiger partial charge >= 0.3 is 5.97 Å². The first-order chi connectivity index (χ1) is 18.2. The van der Waals surface area contributed by atoms with Crippen molar-refractivity contribution in [3.05, 3.63) is 64.8 Å². The van der Waals surface area contributed by atoms with Gasteiger partial charge in [-0.25, -0.2) is 4.79 Å². The molecule has 1 aliphatic rings. The third kappa shape index (κ3) is 5.85. The van der Waals surface area contributed by atoms with Crippen molar-refractivity contribution in [1.82, 2.24) is 15.2 Å². The van der Waals surface area contributed by atoms with Gasteiger partial charge < -0.3 is 30.0 Å². The van der Waals surface area contributed by atoms with Crippen LogP contribution in [0.4, 0.5) is 0 Å². The minimum atomic E-state index is -1.38. The molecule has 1 fully saturated rings. The van der Waals surface area contributed by atoms with Gasteiger partial charge in [-0.3, -0.25) is 9.69 Å². The number of aliphatic hydroxyl groups is 1. The fraction of sp³-hybridized carbons (Fsp3) is 0.448. The number of carbonyl (C=O) groups is 2. The predicted molar refractivity (Wildman–Crippen MR) is 144 cm³/mol. The molecule has 0 unspecified atom stereocenters. The summed E-state index contributed by atoms with van der Waals surface area (Å²) < 4.78 is 11.8. The lowest BCUT2D eigenvalue weighted by Gasteiger charge is -2.40. The van der Waals surface area contributed by atoms with E-state index in [0.29, 0.717) is 18.7 Å². The number of fused-ring (bicyclic) bond motifs is 1. The number of hydrogen-bond donors (Lipinski definition) is 4. The molecule has 2 heterocycles. The number of carbonyl (C=O) groups excluding carboxylic acids is 1. The minimum Gasteiger partial charge on any atom is -0.496 e. The van der Waals surface area contributed by atoms with Crippen molar-refractivity contribution in [2.45, 2.75) is 64.4 Å². The molecule has 4 atom stereocenters. The van der Waals surface area contributed by atoms with Gasteiger partial charge in [-0.2, -0.15) is 0 Å². The van der Waals surface area contributed by atoms with Crippen LogP contribution in [0.25, 0.3) is 10.9 Å². The maximum atomic E-state index is 12.7. The van der Waals surface area contributed by atoms with Crippen LogP contribution in [0.3, 0.4) is 0 Å². The standard InChI is InChI=1S/C29H37N3O6/c1-5-38-21-11-13-32(16-23-22-10-12-30-26(22)17(2)14-25(23)37-4)24(15-21)19-6-8-20(9-7-19)28(34)31-27(18(3)33)29(35)36/h6-10,12,14,18,21,24,27,30,33H,5,11,13,15-16H2,1-4H3,(H,31,34)(H,35,36)/t18-,21-,24+,27+/m1/s1. The molecule has 204 valence electrons. The molecule has 1 amide bonds. The number of aryl methyl sites for hydroxylation is 1. The van der Waals surface area contributed by atoms with Crippen molar-refractivity contribution in [1.29, 1.82) is 0 Å². The van der Waals surface area contributed by atoms with E-state index in [2.05, 4.69) is 34.3 Å².